The van der Waals surface area contributed by atoms with E-state index in [4.69, 9.17) is 9.47 Å². The van der Waals surface area contributed by atoms with Gasteiger partial charge in [0.25, 0.3) is 11.8 Å². The first kappa shape index (κ1) is 18.5. The van der Waals surface area contributed by atoms with Gasteiger partial charge in [-0.3, -0.25) is 20.4 Å². The zero-order chi connectivity index (χ0) is 19.2. The van der Waals surface area contributed by atoms with Crippen molar-refractivity contribution in [1.29, 1.82) is 0 Å². The number of para-hydroxylation sites is 1. The van der Waals surface area contributed by atoms with Crippen molar-refractivity contribution in [2.45, 2.75) is 20.3 Å². The third-order valence-corrected chi connectivity index (χ3v) is 4.22. The second-order valence-electron chi connectivity index (χ2n) is 6.02. The van der Waals surface area contributed by atoms with Gasteiger partial charge in [-0.15, -0.1) is 0 Å². The molecule has 27 heavy (non-hydrogen) atoms. The molecule has 0 unspecified atom stereocenters. The first-order chi connectivity index (χ1) is 13.1. The predicted molar refractivity (Wildman–Crippen MR) is 103 cm³/mol. The van der Waals surface area contributed by atoms with E-state index < -0.39 is 5.91 Å². The summed E-state index contributed by atoms with van der Waals surface area (Å²) < 4.78 is 11.2. The van der Waals surface area contributed by atoms with Crippen molar-refractivity contribution >= 4 is 17.9 Å². The molecule has 0 atom stereocenters. The number of carbonyl (C=O) groups is 2. The molecule has 0 fully saturated rings. The van der Waals surface area contributed by atoms with Crippen LogP contribution >= 0.6 is 0 Å². The van der Waals surface area contributed by atoms with Crippen molar-refractivity contribution in [1.82, 2.24) is 10.9 Å². The summed E-state index contributed by atoms with van der Waals surface area (Å²) in [4.78, 5) is 24.5. The maximum absolute atomic E-state index is 12.3. The van der Waals surface area contributed by atoms with Crippen molar-refractivity contribution in [3.05, 3.63) is 64.7 Å². The maximum atomic E-state index is 12.3. The summed E-state index contributed by atoms with van der Waals surface area (Å²) >= 11 is 0. The first-order valence-electron chi connectivity index (χ1n) is 8.91. The second kappa shape index (κ2) is 8.40. The highest BCUT2D eigenvalue weighted by Gasteiger charge is 2.20. The lowest BCUT2D eigenvalue weighted by atomic mass is 10.1. The molecule has 0 spiro atoms. The minimum atomic E-state index is -0.416. The minimum Gasteiger partial charge on any atom is -0.490 e. The van der Waals surface area contributed by atoms with E-state index in [0.29, 0.717) is 29.2 Å². The van der Waals surface area contributed by atoms with Gasteiger partial charge < -0.3 is 9.47 Å². The molecule has 1 aliphatic rings. The van der Waals surface area contributed by atoms with Crippen molar-refractivity contribution in [2.75, 3.05) is 13.2 Å². The number of hydrogen-bond donors (Lipinski definition) is 2. The Hall–Kier alpha value is -3.28. The summed E-state index contributed by atoms with van der Waals surface area (Å²) in [5.74, 6) is 0.480. The predicted octanol–water partition coefficient (Wildman–Crippen LogP) is 2.88. The number of amides is 2. The normalized spacial score (nSPS) is 12.3. The second-order valence-corrected chi connectivity index (χ2v) is 6.02. The minimum absolute atomic E-state index is 0.101. The van der Waals surface area contributed by atoms with E-state index in [-0.39, 0.29) is 12.5 Å². The standard InChI is InChI=1S/C21H22N2O4/c1-3-14-8-10-15(11-9-14)20(24)22-23-21(25)17-12-16-6-5-7-18(26-4-2)19(16)27-13-17/h5-12H,3-4,13H2,1-2H3,(H,22,24)(H,23,25). The first-order valence-corrected chi connectivity index (χ1v) is 8.91. The van der Waals surface area contributed by atoms with E-state index in [1.54, 1.807) is 18.2 Å². The van der Waals surface area contributed by atoms with Crippen LogP contribution in [0.3, 0.4) is 0 Å². The van der Waals surface area contributed by atoms with Crippen molar-refractivity contribution in [3.8, 4) is 11.5 Å². The summed E-state index contributed by atoms with van der Waals surface area (Å²) in [6.07, 6.45) is 2.64. The summed E-state index contributed by atoms with van der Waals surface area (Å²) in [5, 5.41) is 0. The Morgan fingerprint density at radius 1 is 1.04 bits per heavy atom. The molecule has 2 N–H and O–H groups in total. The van der Waals surface area contributed by atoms with E-state index >= 15 is 0 Å². The Labute approximate surface area is 158 Å². The van der Waals surface area contributed by atoms with E-state index in [1.165, 1.54) is 0 Å². The fourth-order valence-electron chi connectivity index (χ4n) is 2.74. The van der Waals surface area contributed by atoms with E-state index in [1.807, 2.05) is 44.2 Å². The number of benzene rings is 2. The lowest BCUT2D eigenvalue weighted by Crippen LogP contribution is -2.43. The van der Waals surface area contributed by atoms with Crippen LogP contribution in [-0.2, 0) is 11.2 Å². The van der Waals surface area contributed by atoms with Gasteiger partial charge in [0.2, 0.25) is 0 Å². The van der Waals surface area contributed by atoms with Crippen LogP contribution in [-0.4, -0.2) is 25.0 Å². The number of nitrogens with one attached hydrogen (secondary N) is 2. The van der Waals surface area contributed by atoms with Crippen LogP contribution in [0, 0.1) is 0 Å². The summed E-state index contributed by atoms with van der Waals surface area (Å²) in [6.45, 7) is 4.58. The molecule has 6 heteroatoms. The SMILES string of the molecule is CCOc1cccc2c1OCC(C(=O)NNC(=O)c1ccc(CC)cc1)=C2. The fraction of sp³-hybridized carbons (Fsp3) is 0.238. The van der Waals surface area contributed by atoms with Crippen LogP contribution in [0.15, 0.2) is 48.0 Å². The smallest absolute Gasteiger partial charge is 0.269 e. The van der Waals surface area contributed by atoms with E-state index in [2.05, 4.69) is 10.9 Å². The average molecular weight is 366 g/mol. The van der Waals surface area contributed by atoms with Crippen molar-refractivity contribution < 1.29 is 19.1 Å². The molecule has 0 saturated heterocycles. The lowest BCUT2D eigenvalue weighted by molar-refractivity contribution is -0.118. The molecule has 0 bridgehead atoms. The Balaban J connectivity index is 1.64. The van der Waals surface area contributed by atoms with Gasteiger partial charge in [0.05, 0.1) is 12.2 Å². The summed E-state index contributed by atoms with van der Waals surface area (Å²) in [6, 6.07) is 12.8. The maximum Gasteiger partial charge on any atom is 0.269 e. The third kappa shape index (κ3) is 4.28. The highest BCUT2D eigenvalue weighted by molar-refractivity contribution is 6.01. The van der Waals surface area contributed by atoms with Crippen LogP contribution in [0.2, 0.25) is 0 Å². The number of ether oxygens (including phenoxy) is 2. The monoisotopic (exact) mass is 366 g/mol. The van der Waals surface area contributed by atoms with Gasteiger partial charge >= 0.3 is 0 Å². The Bertz CT molecular complexity index is 872. The van der Waals surface area contributed by atoms with Gasteiger partial charge in [-0.25, -0.2) is 0 Å². The molecule has 2 amide bonds. The number of fused-ring (bicyclic) bond motifs is 1. The van der Waals surface area contributed by atoms with Gasteiger partial charge in [-0.1, -0.05) is 31.2 Å². The summed E-state index contributed by atoms with van der Waals surface area (Å²) in [5.41, 5.74) is 7.66. The van der Waals surface area contributed by atoms with Gasteiger partial charge in [-0.2, -0.15) is 0 Å². The Morgan fingerprint density at radius 2 is 1.78 bits per heavy atom. The largest absolute Gasteiger partial charge is 0.490 e. The number of hydrogen-bond acceptors (Lipinski definition) is 4. The zero-order valence-corrected chi connectivity index (χ0v) is 15.4. The number of rotatable bonds is 5. The molecule has 0 aliphatic carbocycles. The molecule has 2 aromatic carbocycles. The molecule has 3 rings (SSSR count). The topological polar surface area (TPSA) is 76.7 Å². The van der Waals surface area contributed by atoms with Gasteiger partial charge in [0, 0.05) is 11.1 Å². The summed E-state index contributed by atoms with van der Waals surface area (Å²) in [7, 11) is 0. The third-order valence-electron chi connectivity index (χ3n) is 4.22. The highest BCUT2D eigenvalue weighted by Crippen LogP contribution is 2.35. The zero-order valence-electron chi connectivity index (χ0n) is 15.4. The molecule has 2 aromatic rings. The molecular formula is C21H22N2O4. The Morgan fingerprint density at radius 3 is 2.48 bits per heavy atom. The number of aryl methyl sites for hydroxylation is 1. The van der Waals surface area contributed by atoms with Gasteiger partial charge in [-0.05, 0) is 43.2 Å². The van der Waals surface area contributed by atoms with Crippen LogP contribution in [0.25, 0.3) is 6.08 Å². The van der Waals surface area contributed by atoms with Crippen molar-refractivity contribution in [3.63, 3.8) is 0 Å². The molecule has 0 saturated carbocycles. The molecule has 0 aromatic heterocycles. The van der Waals surface area contributed by atoms with Crippen molar-refractivity contribution in [2.24, 2.45) is 0 Å². The molecular weight excluding hydrogens is 344 g/mol. The van der Waals surface area contributed by atoms with E-state index in [0.717, 1.165) is 17.5 Å². The molecule has 0 radical (unpaired) electrons. The van der Waals surface area contributed by atoms with Crippen LogP contribution in [0.1, 0.15) is 35.3 Å². The van der Waals surface area contributed by atoms with Gasteiger partial charge in [0.15, 0.2) is 11.5 Å². The molecule has 6 nitrogen and oxygen atoms in total. The fourth-order valence-corrected chi connectivity index (χ4v) is 2.74. The quantitative estimate of drug-likeness (QED) is 0.798. The molecule has 140 valence electrons. The average Bonchev–Trinajstić information content (AvgIpc) is 2.72. The molecule has 1 heterocycles. The highest BCUT2D eigenvalue weighted by atomic mass is 16.5. The molecule has 1 aliphatic heterocycles. The van der Waals surface area contributed by atoms with Crippen LogP contribution in [0.5, 0.6) is 11.5 Å². The Kier molecular flexibility index (Phi) is 5.76. The van der Waals surface area contributed by atoms with Crippen LogP contribution in [0.4, 0.5) is 0 Å². The van der Waals surface area contributed by atoms with Crippen LogP contribution < -0.4 is 20.3 Å². The lowest BCUT2D eigenvalue weighted by Gasteiger charge is -2.20. The number of carbonyl (C=O) groups excluding carboxylic acids is 2. The van der Waals surface area contributed by atoms with Gasteiger partial charge in [0.1, 0.15) is 6.61 Å². The van der Waals surface area contributed by atoms with E-state index in [9.17, 15) is 9.59 Å². The number of hydrazine groups is 1.